The molecule has 23 heavy (non-hydrogen) atoms. The standard InChI is InChI=1S/C16H19NO4S2/c1-3-20-14(18)9-13-11-7-5-6-8-12(11)17-16(23-13)22-10-15(19)21-4-2/h5-8,13H,3-4,9-10H2,1-2H3. The molecule has 0 aromatic heterocycles. The first kappa shape index (κ1) is 17.9. The molecule has 1 heterocycles. The van der Waals surface area contributed by atoms with Crippen LogP contribution in [-0.4, -0.2) is 35.3 Å². The third-order valence-corrected chi connectivity index (χ3v) is 5.37. The van der Waals surface area contributed by atoms with Gasteiger partial charge in [0, 0.05) is 5.25 Å². The van der Waals surface area contributed by atoms with Crippen LogP contribution < -0.4 is 0 Å². The molecule has 5 nitrogen and oxygen atoms in total. The molecular formula is C16H19NO4S2. The first-order valence-corrected chi connectivity index (χ1v) is 9.28. The Morgan fingerprint density at radius 2 is 1.87 bits per heavy atom. The first-order valence-electron chi connectivity index (χ1n) is 7.42. The lowest BCUT2D eigenvalue weighted by Gasteiger charge is -2.23. The molecule has 1 aliphatic rings. The molecule has 2 rings (SSSR count). The Bertz CT molecular complexity index is 603. The molecule has 1 aliphatic heterocycles. The van der Waals surface area contributed by atoms with Crippen LogP contribution in [0.1, 0.15) is 31.1 Å². The topological polar surface area (TPSA) is 65.0 Å². The highest BCUT2D eigenvalue weighted by atomic mass is 32.2. The number of nitrogens with zero attached hydrogens (tertiary/aromatic N) is 1. The summed E-state index contributed by atoms with van der Waals surface area (Å²) in [6.45, 7) is 4.31. The second-order valence-electron chi connectivity index (χ2n) is 4.65. The highest BCUT2D eigenvalue weighted by Gasteiger charge is 2.26. The van der Waals surface area contributed by atoms with Crippen molar-refractivity contribution in [1.29, 1.82) is 0 Å². The Labute approximate surface area is 144 Å². The summed E-state index contributed by atoms with van der Waals surface area (Å²) in [6.07, 6.45) is 0.286. The smallest absolute Gasteiger partial charge is 0.316 e. The molecule has 1 unspecified atom stereocenters. The first-order chi connectivity index (χ1) is 11.1. The molecule has 124 valence electrons. The summed E-state index contributed by atoms with van der Waals surface area (Å²) < 4.78 is 10.7. The molecule has 1 aromatic carbocycles. The highest BCUT2D eigenvalue weighted by molar-refractivity contribution is 8.39. The number of carbonyl (C=O) groups is 2. The number of hydrogen-bond acceptors (Lipinski definition) is 7. The van der Waals surface area contributed by atoms with E-state index in [-0.39, 0.29) is 29.4 Å². The lowest BCUT2D eigenvalue weighted by Crippen LogP contribution is -2.13. The quantitative estimate of drug-likeness (QED) is 0.727. The van der Waals surface area contributed by atoms with Gasteiger partial charge in [-0.2, -0.15) is 0 Å². The molecule has 0 spiro atoms. The maximum atomic E-state index is 11.8. The molecular weight excluding hydrogens is 334 g/mol. The molecule has 0 bridgehead atoms. The van der Waals surface area contributed by atoms with Crippen molar-refractivity contribution >= 4 is 45.5 Å². The number of thioether (sulfide) groups is 2. The fourth-order valence-electron chi connectivity index (χ4n) is 2.08. The molecule has 0 amide bonds. The maximum Gasteiger partial charge on any atom is 0.316 e. The number of hydrogen-bond donors (Lipinski definition) is 0. The van der Waals surface area contributed by atoms with Crippen LogP contribution >= 0.6 is 23.5 Å². The zero-order valence-electron chi connectivity index (χ0n) is 13.1. The second kappa shape index (κ2) is 8.98. The van der Waals surface area contributed by atoms with E-state index in [9.17, 15) is 9.59 Å². The Balaban J connectivity index is 2.09. The molecule has 0 aliphatic carbocycles. The summed E-state index contributed by atoms with van der Waals surface area (Å²) in [7, 11) is 0. The van der Waals surface area contributed by atoms with Gasteiger partial charge in [0.15, 0.2) is 0 Å². The number of aliphatic imine (C=N–C) groups is 1. The molecule has 0 saturated carbocycles. The number of fused-ring (bicyclic) bond motifs is 1. The average Bonchev–Trinajstić information content (AvgIpc) is 2.53. The minimum Gasteiger partial charge on any atom is -0.466 e. The van der Waals surface area contributed by atoms with Crippen molar-refractivity contribution in [3.63, 3.8) is 0 Å². The molecule has 0 fully saturated rings. The number of rotatable bonds is 6. The van der Waals surface area contributed by atoms with Crippen molar-refractivity contribution in [1.82, 2.24) is 0 Å². The predicted molar refractivity (Wildman–Crippen MR) is 94.2 cm³/mol. The number of benzene rings is 1. The minimum atomic E-state index is -0.262. The van der Waals surface area contributed by atoms with Crippen LogP contribution in [0, 0.1) is 0 Å². The largest absolute Gasteiger partial charge is 0.466 e. The summed E-state index contributed by atoms with van der Waals surface area (Å²) in [4.78, 5) is 27.9. The lowest BCUT2D eigenvalue weighted by atomic mass is 10.1. The van der Waals surface area contributed by atoms with Crippen molar-refractivity contribution in [3.8, 4) is 0 Å². The van der Waals surface area contributed by atoms with Crippen LogP contribution in [0.4, 0.5) is 5.69 Å². The van der Waals surface area contributed by atoms with Gasteiger partial charge in [0.25, 0.3) is 0 Å². The van der Waals surface area contributed by atoms with Gasteiger partial charge in [0.2, 0.25) is 0 Å². The molecule has 1 aromatic rings. The summed E-state index contributed by atoms with van der Waals surface area (Å²) in [5, 5.41) is -0.0487. The third kappa shape index (κ3) is 5.28. The SMILES string of the molecule is CCOC(=O)CSC1=Nc2ccccc2C(CC(=O)OCC)S1. The van der Waals surface area contributed by atoms with Gasteiger partial charge in [-0.1, -0.05) is 41.7 Å². The van der Waals surface area contributed by atoms with Gasteiger partial charge >= 0.3 is 11.9 Å². The van der Waals surface area contributed by atoms with Gasteiger partial charge in [0.1, 0.15) is 4.38 Å². The van der Waals surface area contributed by atoms with E-state index in [1.54, 1.807) is 13.8 Å². The van der Waals surface area contributed by atoms with Crippen LogP contribution in [0.5, 0.6) is 0 Å². The zero-order chi connectivity index (χ0) is 16.7. The van der Waals surface area contributed by atoms with E-state index < -0.39 is 0 Å². The summed E-state index contributed by atoms with van der Waals surface area (Å²) in [5.74, 6) is -0.272. The normalized spacial score (nSPS) is 16.3. The van der Waals surface area contributed by atoms with Crippen LogP contribution in [-0.2, 0) is 19.1 Å². The Hall–Kier alpha value is -1.47. The van der Waals surface area contributed by atoms with Gasteiger partial charge in [0.05, 0.1) is 31.1 Å². The van der Waals surface area contributed by atoms with Crippen molar-refractivity contribution in [2.75, 3.05) is 19.0 Å². The monoisotopic (exact) mass is 353 g/mol. The highest BCUT2D eigenvalue weighted by Crippen LogP contribution is 2.45. The van der Waals surface area contributed by atoms with Gasteiger partial charge in [-0.05, 0) is 25.5 Å². The van der Waals surface area contributed by atoms with Crippen molar-refractivity contribution in [2.24, 2.45) is 4.99 Å². The van der Waals surface area contributed by atoms with E-state index >= 15 is 0 Å². The van der Waals surface area contributed by atoms with E-state index in [1.807, 2.05) is 24.3 Å². The van der Waals surface area contributed by atoms with Crippen LogP contribution in [0.15, 0.2) is 29.3 Å². The zero-order valence-corrected chi connectivity index (χ0v) is 14.7. The van der Waals surface area contributed by atoms with Crippen molar-refractivity contribution in [3.05, 3.63) is 29.8 Å². The fourth-order valence-corrected chi connectivity index (χ4v) is 4.31. The van der Waals surface area contributed by atoms with E-state index in [1.165, 1.54) is 23.5 Å². The van der Waals surface area contributed by atoms with Gasteiger partial charge in [-0.3, -0.25) is 9.59 Å². The summed E-state index contributed by atoms with van der Waals surface area (Å²) in [6, 6.07) is 7.73. The van der Waals surface area contributed by atoms with Gasteiger partial charge in [-0.15, -0.1) is 0 Å². The Kier molecular flexibility index (Phi) is 6.98. The van der Waals surface area contributed by atoms with E-state index in [2.05, 4.69) is 4.99 Å². The number of para-hydroxylation sites is 1. The number of carbonyl (C=O) groups excluding carboxylic acids is 2. The predicted octanol–water partition coefficient (Wildman–Crippen LogP) is 3.71. The number of esters is 2. The number of ether oxygens (including phenoxy) is 2. The third-order valence-electron chi connectivity index (χ3n) is 3.01. The molecule has 0 saturated heterocycles. The second-order valence-corrected chi connectivity index (χ2v) is 7.06. The van der Waals surface area contributed by atoms with Crippen molar-refractivity contribution in [2.45, 2.75) is 25.5 Å². The fraction of sp³-hybridized carbons (Fsp3) is 0.438. The van der Waals surface area contributed by atoms with Crippen LogP contribution in [0.3, 0.4) is 0 Å². The molecule has 1 atom stereocenters. The van der Waals surface area contributed by atoms with E-state index in [0.717, 1.165) is 15.6 Å². The minimum absolute atomic E-state index is 0.0487. The van der Waals surface area contributed by atoms with Crippen LogP contribution in [0.25, 0.3) is 0 Å². The van der Waals surface area contributed by atoms with Gasteiger partial charge < -0.3 is 9.47 Å². The molecule has 7 heteroatoms. The van der Waals surface area contributed by atoms with E-state index in [0.29, 0.717) is 13.2 Å². The van der Waals surface area contributed by atoms with Crippen molar-refractivity contribution < 1.29 is 19.1 Å². The summed E-state index contributed by atoms with van der Waals surface area (Å²) in [5.41, 5.74) is 1.86. The summed E-state index contributed by atoms with van der Waals surface area (Å²) >= 11 is 2.83. The Morgan fingerprint density at radius 1 is 1.17 bits per heavy atom. The van der Waals surface area contributed by atoms with Crippen LogP contribution in [0.2, 0.25) is 0 Å². The van der Waals surface area contributed by atoms with Gasteiger partial charge in [-0.25, -0.2) is 4.99 Å². The Morgan fingerprint density at radius 3 is 2.61 bits per heavy atom. The lowest BCUT2D eigenvalue weighted by molar-refractivity contribution is -0.143. The van der Waals surface area contributed by atoms with E-state index in [4.69, 9.17) is 9.47 Å². The average molecular weight is 353 g/mol. The molecule has 0 radical (unpaired) electrons. The maximum absolute atomic E-state index is 11.8. The molecule has 0 N–H and O–H groups in total.